The Hall–Kier alpha value is -3.39. The zero-order valence-corrected chi connectivity index (χ0v) is 34.4. The van der Waals surface area contributed by atoms with Gasteiger partial charge in [-0.2, -0.15) is 0 Å². The molecule has 13 heteroatoms. The fourth-order valence-corrected chi connectivity index (χ4v) is 7.81. The molecule has 9 atom stereocenters. The molecular formula is C40H67N5O8. The summed E-state index contributed by atoms with van der Waals surface area (Å²) in [6, 6.07) is 7.00. The Kier molecular flexibility index (Phi) is 18.0. The molecule has 53 heavy (non-hydrogen) atoms. The molecular weight excluding hydrogens is 678 g/mol. The average Bonchev–Trinajstić information content (AvgIpc) is 3.49. The maximum absolute atomic E-state index is 14.5. The van der Waals surface area contributed by atoms with Crippen LogP contribution in [0.4, 0.5) is 0 Å². The minimum absolute atomic E-state index is 0.0188. The molecule has 1 unspecified atom stereocenters. The first kappa shape index (κ1) is 45.8. The molecule has 1 aliphatic heterocycles. The van der Waals surface area contributed by atoms with Gasteiger partial charge in [-0.1, -0.05) is 85.2 Å². The lowest BCUT2D eigenvalue weighted by Crippen LogP contribution is -2.60. The molecule has 1 aliphatic rings. The second-order valence-corrected chi connectivity index (χ2v) is 15.4. The summed E-state index contributed by atoms with van der Waals surface area (Å²) in [4.78, 5) is 71.4. The molecule has 3 N–H and O–H groups in total. The molecule has 1 saturated heterocycles. The molecule has 0 aromatic heterocycles. The number of methoxy groups -OCH3 is 3. The molecule has 1 heterocycles. The molecule has 0 saturated carbocycles. The van der Waals surface area contributed by atoms with Gasteiger partial charge in [0.25, 0.3) is 0 Å². The maximum atomic E-state index is 14.5. The molecule has 2 rings (SSSR count). The van der Waals surface area contributed by atoms with E-state index in [9.17, 15) is 24.0 Å². The summed E-state index contributed by atoms with van der Waals surface area (Å²) in [7, 11) is 8.07. The van der Waals surface area contributed by atoms with E-state index in [1.54, 1.807) is 62.2 Å². The van der Waals surface area contributed by atoms with Crippen molar-refractivity contribution in [2.75, 3.05) is 48.5 Å². The zero-order valence-electron chi connectivity index (χ0n) is 34.4. The Balaban J connectivity index is 2.36. The van der Waals surface area contributed by atoms with E-state index < -0.39 is 41.8 Å². The number of amides is 4. The highest BCUT2D eigenvalue weighted by molar-refractivity contribution is 5.99. The SMILES string of the molecule is CCC(C)[C@@H]([C@@H](CC(=O)N1C[C@H](OC)C[C@@]1(C)[C@H](OC)[C@@H](C)C(=O)NCC(=O)c1ccccc1)OC)N(C)C(=O)[C@@H](NC(=O)[C@@H](NC)C(C)C)C(C)C. The van der Waals surface area contributed by atoms with Crippen molar-refractivity contribution >= 4 is 29.4 Å². The van der Waals surface area contributed by atoms with E-state index in [2.05, 4.69) is 16.0 Å². The maximum Gasteiger partial charge on any atom is 0.245 e. The van der Waals surface area contributed by atoms with Crippen molar-refractivity contribution in [3.05, 3.63) is 35.9 Å². The predicted molar refractivity (Wildman–Crippen MR) is 205 cm³/mol. The quantitative estimate of drug-likeness (QED) is 0.161. The van der Waals surface area contributed by atoms with Gasteiger partial charge in [-0.15, -0.1) is 0 Å². The highest BCUT2D eigenvalue weighted by Crippen LogP contribution is 2.39. The smallest absolute Gasteiger partial charge is 0.245 e. The van der Waals surface area contributed by atoms with Gasteiger partial charge in [-0.3, -0.25) is 24.0 Å². The second-order valence-electron chi connectivity index (χ2n) is 15.4. The third-order valence-electron chi connectivity index (χ3n) is 11.1. The monoisotopic (exact) mass is 745 g/mol. The van der Waals surface area contributed by atoms with Crippen LogP contribution in [0, 0.1) is 23.7 Å². The number of carbonyl (C=O) groups is 5. The van der Waals surface area contributed by atoms with E-state index in [0.29, 0.717) is 18.4 Å². The van der Waals surface area contributed by atoms with Gasteiger partial charge < -0.3 is 40.0 Å². The van der Waals surface area contributed by atoms with Crippen LogP contribution in [0.25, 0.3) is 0 Å². The van der Waals surface area contributed by atoms with Crippen LogP contribution in [0.3, 0.4) is 0 Å². The van der Waals surface area contributed by atoms with Crippen LogP contribution in [-0.2, 0) is 33.4 Å². The summed E-state index contributed by atoms with van der Waals surface area (Å²) in [6.07, 6.45) is -0.661. The topological polar surface area (TPSA) is 156 Å². The Morgan fingerprint density at radius 1 is 0.925 bits per heavy atom. The number of nitrogens with one attached hydrogen (secondary N) is 3. The fourth-order valence-electron chi connectivity index (χ4n) is 7.81. The van der Waals surface area contributed by atoms with E-state index >= 15 is 0 Å². The number of ether oxygens (including phenoxy) is 3. The Morgan fingerprint density at radius 2 is 1.53 bits per heavy atom. The fraction of sp³-hybridized carbons (Fsp3) is 0.725. The first-order valence-electron chi connectivity index (χ1n) is 18.9. The third-order valence-corrected chi connectivity index (χ3v) is 11.1. The Morgan fingerprint density at radius 3 is 2.02 bits per heavy atom. The van der Waals surface area contributed by atoms with Crippen molar-refractivity contribution in [2.45, 2.75) is 117 Å². The number of nitrogens with zero attached hydrogens (tertiary/aromatic N) is 2. The molecule has 0 radical (unpaired) electrons. The van der Waals surface area contributed by atoms with Crippen LogP contribution in [0.2, 0.25) is 0 Å². The normalized spacial score (nSPS) is 21.3. The number of hydrogen-bond acceptors (Lipinski definition) is 9. The summed E-state index contributed by atoms with van der Waals surface area (Å²) in [5.74, 6) is -2.29. The minimum Gasteiger partial charge on any atom is -0.380 e. The Bertz CT molecular complexity index is 1360. The number of hydrogen-bond donors (Lipinski definition) is 3. The number of benzene rings is 1. The summed E-state index contributed by atoms with van der Waals surface area (Å²) in [5.41, 5.74) is -0.453. The number of carbonyl (C=O) groups excluding carboxylic acids is 5. The van der Waals surface area contributed by atoms with E-state index in [-0.39, 0.29) is 72.8 Å². The van der Waals surface area contributed by atoms with Gasteiger partial charge in [-0.05, 0) is 31.7 Å². The van der Waals surface area contributed by atoms with Crippen LogP contribution >= 0.6 is 0 Å². The molecule has 0 aliphatic carbocycles. The predicted octanol–water partition coefficient (Wildman–Crippen LogP) is 3.31. The number of rotatable bonds is 21. The summed E-state index contributed by atoms with van der Waals surface area (Å²) in [5, 5.41) is 8.78. The lowest BCUT2D eigenvalue weighted by Gasteiger charge is -2.44. The van der Waals surface area contributed by atoms with Crippen molar-refractivity contribution in [2.24, 2.45) is 23.7 Å². The minimum atomic E-state index is -0.953. The van der Waals surface area contributed by atoms with Crippen molar-refractivity contribution in [1.29, 1.82) is 0 Å². The summed E-state index contributed by atoms with van der Waals surface area (Å²) < 4.78 is 17.8. The highest BCUT2D eigenvalue weighted by atomic mass is 16.5. The Labute approximate surface area is 317 Å². The standard InChI is InChI=1S/C40H67N5O8/c1-14-26(6)35(44(10)39(50)34(25(4)5)43-38(49)33(41-9)24(2)3)31(52-12)20-32(47)45-23-29(51-11)21-40(45,8)36(53-13)27(7)37(48)42-22-30(46)28-18-16-15-17-19-28/h15-19,24-27,29,31,33-36,41H,14,20-23H2,1-13H3,(H,42,48)(H,43,49)/t26?,27-,29-,31-,33+,34+,35+,36-,40+/m1/s1. The first-order valence-corrected chi connectivity index (χ1v) is 18.9. The van der Waals surface area contributed by atoms with E-state index in [4.69, 9.17) is 14.2 Å². The van der Waals surface area contributed by atoms with E-state index in [1.165, 1.54) is 14.2 Å². The molecule has 1 aromatic rings. The van der Waals surface area contributed by atoms with Crippen molar-refractivity contribution in [3.8, 4) is 0 Å². The van der Waals surface area contributed by atoms with Gasteiger partial charge in [0.15, 0.2) is 5.78 Å². The largest absolute Gasteiger partial charge is 0.380 e. The average molecular weight is 746 g/mol. The first-order chi connectivity index (χ1) is 24.9. The van der Waals surface area contributed by atoms with Crippen LogP contribution in [0.1, 0.15) is 85.0 Å². The zero-order chi connectivity index (χ0) is 40.2. The molecule has 13 nitrogen and oxygen atoms in total. The number of likely N-dealkylation sites (N-methyl/N-ethyl adjacent to an activating group) is 2. The van der Waals surface area contributed by atoms with Crippen molar-refractivity contribution < 1.29 is 38.2 Å². The van der Waals surface area contributed by atoms with Gasteiger partial charge in [0.05, 0.1) is 54.8 Å². The van der Waals surface area contributed by atoms with Crippen LogP contribution in [-0.4, -0.2) is 130 Å². The molecule has 0 spiro atoms. The molecule has 4 amide bonds. The molecule has 1 fully saturated rings. The number of likely N-dealkylation sites (tertiary alicyclic amines) is 1. The lowest BCUT2D eigenvalue weighted by atomic mass is 9.82. The molecule has 300 valence electrons. The molecule has 1 aromatic carbocycles. The number of ketones is 1. The molecule has 0 bridgehead atoms. The van der Waals surface area contributed by atoms with Gasteiger partial charge in [0, 0.05) is 46.9 Å². The van der Waals surface area contributed by atoms with E-state index in [1.807, 2.05) is 54.5 Å². The van der Waals surface area contributed by atoms with Crippen molar-refractivity contribution in [1.82, 2.24) is 25.8 Å². The van der Waals surface area contributed by atoms with Gasteiger partial charge in [0.2, 0.25) is 23.6 Å². The van der Waals surface area contributed by atoms with Crippen LogP contribution < -0.4 is 16.0 Å². The summed E-state index contributed by atoms with van der Waals surface area (Å²) in [6.45, 7) is 15.4. The van der Waals surface area contributed by atoms with Crippen molar-refractivity contribution in [3.63, 3.8) is 0 Å². The van der Waals surface area contributed by atoms with Gasteiger partial charge in [0.1, 0.15) is 6.04 Å². The second kappa shape index (κ2) is 20.9. The van der Waals surface area contributed by atoms with Gasteiger partial charge >= 0.3 is 0 Å². The van der Waals surface area contributed by atoms with E-state index in [0.717, 1.165) is 0 Å². The number of Topliss-reactive ketones (excluding diaryl/α,β-unsaturated/α-hetero) is 1. The highest BCUT2D eigenvalue weighted by Gasteiger charge is 2.53. The lowest BCUT2D eigenvalue weighted by molar-refractivity contribution is -0.152. The van der Waals surface area contributed by atoms with Crippen LogP contribution in [0.15, 0.2) is 30.3 Å². The van der Waals surface area contributed by atoms with Crippen LogP contribution in [0.5, 0.6) is 0 Å². The summed E-state index contributed by atoms with van der Waals surface area (Å²) >= 11 is 0. The third kappa shape index (κ3) is 11.3. The van der Waals surface area contributed by atoms with Gasteiger partial charge in [-0.25, -0.2) is 0 Å².